The molecule has 1 fully saturated rings. The molecule has 1 unspecified atom stereocenters. The number of carbonyl (C=O) groups excluding carboxylic acids is 1. The van der Waals surface area contributed by atoms with Crippen LogP contribution in [0.5, 0.6) is 0 Å². The van der Waals surface area contributed by atoms with Crippen molar-refractivity contribution in [2.24, 2.45) is 5.41 Å². The summed E-state index contributed by atoms with van der Waals surface area (Å²) in [5.74, 6) is 1.33. The first-order chi connectivity index (χ1) is 16.0. The molecule has 3 aromatic rings. The van der Waals surface area contributed by atoms with Crippen LogP contribution in [0.2, 0.25) is 0 Å². The summed E-state index contributed by atoms with van der Waals surface area (Å²) in [6.07, 6.45) is 9.02. The van der Waals surface area contributed by atoms with Crippen molar-refractivity contribution in [1.29, 1.82) is 0 Å². The Bertz CT molecular complexity index is 1070. The first kappa shape index (κ1) is 23.1. The summed E-state index contributed by atoms with van der Waals surface area (Å²) in [6.45, 7) is 9.19. The van der Waals surface area contributed by atoms with Gasteiger partial charge in [-0.3, -0.25) is 14.7 Å². The molecule has 1 amide bonds. The van der Waals surface area contributed by atoms with Gasteiger partial charge in [-0.2, -0.15) is 0 Å². The van der Waals surface area contributed by atoms with Crippen molar-refractivity contribution in [1.82, 2.24) is 25.2 Å². The molecule has 0 bridgehead atoms. The van der Waals surface area contributed by atoms with Crippen LogP contribution >= 0.6 is 0 Å². The van der Waals surface area contributed by atoms with Gasteiger partial charge in [-0.05, 0) is 55.1 Å². The number of hydrogen-bond acceptors (Lipinski definition) is 5. The molecule has 1 saturated heterocycles. The highest BCUT2D eigenvalue weighted by Crippen LogP contribution is 2.36. The molecule has 0 saturated carbocycles. The molecule has 1 N–H and O–H groups in total. The lowest BCUT2D eigenvalue weighted by Crippen LogP contribution is -2.44. The van der Waals surface area contributed by atoms with Crippen LogP contribution in [0, 0.1) is 5.41 Å². The van der Waals surface area contributed by atoms with E-state index in [0.717, 1.165) is 55.0 Å². The van der Waals surface area contributed by atoms with Crippen LogP contribution in [-0.4, -0.2) is 45.4 Å². The third-order valence-corrected chi connectivity index (χ3v) is 6.38. The predicted octanol–water partition coefficient (Wildman–Crippen LogP) is 4.23. The van der Waals surface area contributed by atoms with E-state index in [2.05, 4.69) is 63.3 Å². The van der Waals surface area contributed by atoms with Gasteiger partial charge in [-0.1, -0.05) is 38.1 Å². The lowest BCUT2D eigenvalue weighted by molar-refractivity contribution is -0.130. The second kappa shape index (κ2) is 10.2. The lowest BCUT2D eigenvalue weighted by Gasteiger charge is -2.28. The molecule has 2 aromatic heterocycles. The van der Waals surface area contributed by atoms with Crippen molar-refractivity contribution >= 4 is 5.91 Å². The summed E-state index contributed by atoms with van der Waals surface area (Å²) in [5.41, 5.74) is 4.12. The number of aromatic nitrogens is 3. The average molecular weight is 444 g/mol. The van der Waals surface area contributed by atoms with E-state index in [1.165, 1.54) is 5.56 Å². The molecular formula is C27H33N5O. The molecule has 6 heteroatoms. The third kappa shape index (κ3) is 5.45. The molecule has 0 radical (unpaired) electrons. The number of likely N-dealkylation sites (tertiary alicyclic amines) is 1. The normalized spacial score (nSPS) is 18.5. The molecule has 3 heterocycles. The van der Waals surface area contributed by atoms with Gasteiger partial charge in [0.25, 0.3) is 0 Å². The number of hydrogen-bond donors (Lipinski definition) is 1. The Balaban J connectivity index is 1.52. The number of pyridine rings is 1. The molecular weight excluding hydrogens is 410 g/mol. The quantitative estimate of drug-likeness (QED) is 0.564. The van der Waals surface area contributed by atoms with Gasteiger partial charge in [0.15, 0.2) is 0 Å². The fourth-order valence-electron chi connectivity index (χ4n) is 4.65. The van der Waals surface area contributed by atoms with Crippen LogP contribution in [0.3, 0.4) is 0 Å². The van der Waals surface area contributed by atoms with E-state index < -0.39 is 5.41 Å². The smallest absolute Gasteiger partial charge is 0.227 e. The summed E-state index contributed by atoms with van der Waals surface area (Å²) in [6, 6.07) is 12.6. The van der Waals surface area contributed by atoms with Gasteiger partial charge >= 0.3 is 0 Å². The summed E-state index contributed by atoms with van der Waals surface area (Å²) >= 11 is 0. The minimum absolute atomic E-state index is 0.146. The van der Waals surface area contributed by atoms with Gasteiger partial charge in [0.1, 0.15) is 5.82 Å². The minimum Gasteiger partial charge on any atom is -0.356 e. The zero-order valence-electron chi connectivity index (χ0n) is 19.8. The molecule has 0 spiro atoms. The van der Waals surface area contributed by atoms with Crippen LogP contribution in [0.4, 0.5) is 0 Å². The van der Waals surface area contributed by atoms with Crippen molar-refractivity contribution in [2.45, 2.75) is 46.1 Å². The molecule has 4 rings (SSSR count). The topological polar surface area (TPSA) is 71.0 Å². The Labute approximate surface area is 196 Å². The maximum Gasteiger partial charge on any atom is 0.227 e. The highest BCUT2D eigenvalue weighted by molar-refractivity contribution is 5.83. The van der Waals surface area contributed by atoms with E-state index in [-0.39, 0.29) is 5.91 Å². The molecule has 1 aromatic carbocycles. The van der Waals surface area contributed by atoms with Gasteiger partial charge in [0.05, 0.1) is 5.41 Å². The van der Waals surface area contributed by atoms with Gasteiger partial charge in [-0.15, -0.1) is 0 Å². The van der Waals surface area contributed by atoms with E-state index in [4.69, 9.17) is 0 Å². The zero-order chi connectivity index (χ0) is 23.3. The predicted molar refractivity (Wildman–Crippen MR) is 131 cm³/mol. The zero-order valence-corrected chi connectivity index (χ0v) is 19.8. The van der Waals surface area contributed by atoms with E-state index >= 15 is 0 Å². The second-order valence-electron chi connectivity index (χ2n) is 9.32. The van der Waals surface area contributed by atoms with Crippen LogP contribution in [0.15, 0.2) is 61.2 Å². The highest BCUT2D eigenvalue weighted by Gasteiger charge is 2.44. The second-order valence-corrected chi connectivity index (χ2v) is 9.32. The minimum atomic E-state index is -0.439. The Morgan fingerprint density at radius 1 is 1.09 bits per heavy atom. The maximum atomic E-state index is 13.3. The number of nitrogens with one attached hydrogen (secondary N) is 1. The molecule has 1 atom stereocenters. The number of rotatable bonds is 8. The molecule has 0 aliphatic carbocycles. The number of amides is 1. The summed E-state index contributed by atoms with van der Waals surface area (Å²) in [7, 11) is 0. The Morgan fingerprint density at radius 2 is 1.85 bits per heavy atom. The summed E-state index contributed by atoms with van der Waals surface area (Å²) in [5, 5.41) is 3.10. The van der Waals surface area contributed by atoms with Crippen LogP contribution < -0.4 is 5.32 Å². The van der Waals surface area contributed by atoms with Crippen molar-refractivity contribution in [3.8, 4) is 11.1 Å². The number of nitrogens with zero attached hydrogens (tertiary/aromatic N) is 4. The summed E-state index contributed by atoms with van der Waals surface area (Å²) < 4.78 is 0. The first-order valence-corrected chi connectivity index (χ1v) is 11.8. The third-order valence-electron chi connectivity index (χ3n) is 6.38. The number of carbonyl (C=O) groups is 1. The Kier molecular flexibility index (Phi) is 7.14. The van der Waals surface area contributed by atoms with E-state index in [1.807, 2.05) is 43.8 Å². The van der Waals surface area contributed by atoms with Crippen molar-refractivity contribution in [2.75, 3.05) is 19.6 Å². The number of benzene rings is 1. The average Bonchev–Trinajstić information content (AvgIpc) is 3.24. The molecule has 6 nitrogen and oxygen atoms in total. The van der Waals surface area contributed by atoms with Crippen LogP contribution in [0.1, 0.15) is 50.1 Å². The molecule has 1 aliphatic rings. The fourth-order valence-corrected chi connectivity index (χ4v) is 4.65. The monoisotopic (exact) mass is 443 g/mol. The van der Waals surface area contributed by atoms with Crippen molar-refractivity contribution in [3.63, 3.8) is 0 Å². The maximum absolute atomic E-state index is 13.3. The van der Waals surface area contributed by atoms with Crippen molar-refractivity contribution in [3.05, 3.63) is 78.1 Å². The summed E-state index contributed by atoms with van der Waals surface area (Å²) in [4.78, 5) is 28.8. The standard InChI is InChI=1S/C27H33N5O/c1-4-29-26(33)27(15-21-6-5-7-24(14-21)23-8-11-28-12-9-23)10-13-32(19-27)18-22-16-30-25(20(2)3)31-17-22/h5-9,11-12,14,16-17,20H,4,10,13,15,18-19H2,1-3H3,(H,29,33). The van der Waals surface area contributed by atoms with E-state index in [9.17, 15) is 4.79 Å². The van der Waals surface area contributed by atoms with Crippen LogP contribution in [0.25, 0.3) is 11.1 Å². The van der Waals surface area contributed by atoms with E-state index in [1.54, 1.807) is 0 Å². The molecule has 1 aliphatic heterocycles. The fraction of sp³-hybridized carbons (Fsp3) is 0.407. The highest BCUT2D eigenvalue weighted by atomic mass is 16.2. The van der Waals surface area contributed by atoms with Crippen LogP contribution in [-0.2, 0) is 17.8 Å². The van der Waals surface area contributed by atoms with Crippen molar-refractivity contribution < 1.29 is 4.79 Å². The van der Waals surface area contributed by atoms with Gasteiger partial charge in [0, 0.05) is 55.9 Å². The Hall–Kier alpha value is -3.12. The SMILES string of the molecule is CCNC(=O)C1(Cc2cccc(-c3ccncc3)c2)CCN(Cc2cnc(C(C)C)nc2)C1. The molecule has 172 valence electrons. The first-order valence-electron chi connectivity index (χ1n) is 11.8. The van der Waals surface area contributed by atoms with Gasteiger partial charge in [-0.25, -0.2) is 9.97 Å². The van der Waals surface area contributed by atoms with Gasteiger partial charge in [0.2, 0.25) is 5.91 Å². The Morgan fingerprint density at radius 3 is 2.55 bits per heavy atom. The van der Waals surface area contributed by atoms with E-state index in [0.29, 0.717) is 12.5 Å². The largest absolute Gasteiger partial charge is 0.356 e. The molecule has 33 heavy (non-hydrogen) atoms. The van der Waals surface area contributed by atoms with Gasteiger partial charge < -0.3 is 5.32 Å². The lowest BCUT2D eigenvalue weighted by atomic mass is 9.79.